The SMILES string of the molecule is CCNC(=NCc1cccc(Cn2cncn2)c1)NCc1sc(C)nc1C. The maximum absolute atomic E-state index is 4.72. The van der Waals surface area contributed by atoms with Crippen molar-refractivity contribution < 1.29 is 0 Å². The molecule has 3 rings (SSSR count). The average molecular weight is 384 g/mol. The van der Waals surface area contributed by atoms with E-state index in [1.165, 1.54) is 10.4 Å². The van der Waals surface area contributed by atoms with Crippen molar-refractivity contribution in [1.29, 1.82) is 0 Å². The van der Waals surface area contributed by atoms with Crippen molar-refractivity contribution in [2.24, 2.45) is 4.99 Å². The van der Waals surface area contributed by atoms with Gasteiger partial charge in [0.1, 0.15) is 12.7 Å². The van der Waals surface area contributed by atoms with Crippen LogP contribution in [0.3, 0.4) is 0 Å². The Labute approximate surface area is 163 Å². The molecule has 27 heavy (non-hydrogen) atoms. The van der Waals surface area contributed by atoms with Gasteiger partial charge < -0.3 is 10.6 Å². The van der Waals surface area contributed by atoms with Crippen molar-refractivity contribution in [3.05, 3.63) is 63.6 Å². The summed E-state index contributed by atoms with van der Waals surface area (Å²) in [5.74, 6) is 0.810. The largest absolute Gasteiger partial charge is 0.357 e. The molecule has 0 saturated carbocycles. The summed E-state index contributed by atoms with van der Waals surface area (Å²) in [6.45, 7) is 9.02. The summed E-state index contributed by atoms with van der Waals surface area (Å²) in [4.78, 5) is 14.4. The van der Waals surface area contributed by atoms with E-state index in [1.54, 1.807) is 24.0 Å². The molecule has 2 N–H and O–H groups in total. The van der Waals surface area contributed by atoms with E-state index in [-0.39, 0.29) is 0 Å². The van der Waals surface area contributed by atoms with Crippen LogP contribution in [0.4, 0.5) is 0 Å². The Kier molecular flexibility index (Phi) is 6.54. The standard InChI is InChI=1S/C19H25N7S/c1-4-21-19(23-10-18-14(2)25-15(3)27-18)22-9-16-6-5-7-17(8-16)11-26-13-20-12-24-26/h5-8,12-13H,4,9-11H2,1-3H3,(H2,21,22,23). The van der Waals surface area contributed by atoms with Crippen molar-refractivity contribution in [2.45, 2.75) is 40.4 Å². The first kappa shape index (κ1) is 19.0. The van der Waals surface area contributed by atoms with Gasteiger partial charge in [0.15, 0.2) is 5.96 Å². The van der Waals surface area contributed by atoms with Gasteiger partial charge >= 0.3 is 0 Å². The van der Waals surface area contributed by atoms with Gasteiger partial charge in [-0.25, -0.2) is 19.6 Å². The van der Waals surface area contributed by atoms with Gasteiger partial charge in [-0.15, -0.1) is 11.3 Å². The highest BCUT2D eigenvalue weighted by molar-refractivity contribution is 7.11. The van der Waals surface area contributed by atoms with Crippen LogP contribution in [0, 0.1) is 13.8 Å². The Morgan fingerprint density at radius 3 is 2.78 bits per heavy atom. The zero-order valence-electron chi connectivity index (χ0n) is 15.9. The number of guanidine groups is 1. The van der Waals surface area contributed by atoms with Gasteiger partial charge in [0.05, 0.1) is 30.3 Å². The molecule has 0 fully saturated rings. The highest BCUT2D eigenvalue weighted by Crippen LogP contribution is 2.16. The number of thiazole rings is 1. The molecule has 7 nitrogen and oxygen atoms in total. The Bertz CT molecular complexity index is 883. The first-order chi connectivity index (χ1) is 13.1. The molecule has 0 aliphatic rings. The van der Waals surface area contributed by atoms with E-state index in [1.807, 2.05) is 18.5 Å². The summed E-state index contributed by atoms with van der Waals surface area (Å²) in [6, 6.07) is 8.40. The summed E-state index contributed by atoms with van der Waals surface area (Å²) in [7, 11) is 0. The number of nitrogens with zero attached hydrogens (tertiary/aromatic N) is 5. The van der Waals surface area contributed by atoms with Crippen LogP contribution in [0.2, 0.25) is 0 Å². The molecule has 0 radical (unpaired) electrons. The van der Waals surface area contributed by atoms with Gasteiger partial charge in [-0.3, -0.25) is 0 Å². The predicted octanol–water partition coefficient (Wildman–Crippen LogP) is 2.66. The number of benzene rings is 1. The summed E-state index contributed by atoms with van der Waals surface area (Å²) >= 11 is 1.72. The first-order valence-electron chi connectivity index (χ1n) is 8.99. The van der Waals surface area contributed by atoms with Crippen LogP contribution in [0.15, 0.2) is 41.9 Å². The van der Waals surface area contributed by atoms with Gasteiger partial charge in [-0.1, -0.05) is 24.3 Å². The molecular weight excluding hydrogens is 358 g/mol. The molecule has 0 atom stereocenters. The van der Waals surface area contributed by atoms with Crippen molar-refractivity contribution in [3.8, 4) is 0 Å². The van der Waals surface area contributed by atoms with E-state index in [9.17, 15) is 0 Å². The number of rotatable bonds is 7. The second kappa shape index (κ2) is 9.27. The minimum atomic E-state index is 0.612. The molecule has 142 valence electrons. The number of hydrogen-bond acceptors (Lipinski definition) is 5. The lowest BCUT2D eigenvalue weighted by Gasteiger charge is -2.11. The second-order valence-corrected chi connectivity index (χ2v) is 7.49. The third-order valence-corrected chi connectivity index (χ3v) is 5.06. The molecule has 3 aromatic rings. The van der Waals surface area contributed by atoms with Gasteiger partial charge in [0, 0.05) is 11.4 Å². The van der Waals surface area contributed by atoms with Gasteiger partial charge in [-0.05, 0) is 31.9 Å². The van der Waals surface area contributed by atoms with Gasteiger partial charge in [-0.2, -0.15) is 5.10 Å². The third-order valence-electron chi connectivity index (χ3n) is 3.98. The van der Waals surface area contributed by atoms with E-state index in [4.69, 9.17) is 4.99 Å². The fraction of sp³-hybridized carbons (Fsp3) is 0.368. The molecule has 0 spiro atoms. The van der Waals surface area contributed by atoms with E-state index >= 15 is 0 Å². The number of hydrogen-bond donors (Lipinski definition) is 2. The van der Waals surface area contributed by atoms with Crippen LogP contribution in [0.1, 0.15) is 33.6 Å². The molecule has 1 aromatic carbocycles. The highest BCUT2D eigenvalue weighted by atomic mass is 32.1. The Morgan fingerprint density at radius 1 is 1.22 bits per heavy atom. The highest BCUT2D eigenvalue weighted by Gasteiger charge is 2.06. The monoisotopic (exact) mass is 383 g/mol. The van der Waals surface area contributed by atoms with Crippen molar-refractivity contribution >= 4 is 17.3 Å². The zero-order valence-corrected chi connectivity index (χ0v) is 16.8. The van der Waals surface area contributed by atoms with Crippen molar-refractivity contribution in [3.63, 3.8) is 0 Å². The molecule has 2 heterocycles. The van der Waals surface area contributed by atoms with E-state index in [2.05, 4.69) is 56.9 Å². The lowest BCUT2D eigenvalue weighted by Crippen LogP contribution is -2.36. The first-order valence-corrected chi connectivity index (χ1v) is 9.81. The molecule has 0 aliphatic heterocycles. The molecule has 0 amide bonds. The molecule has 8 heteroatoms. The summed E-state index contributed by atoms with van der Waals surface area (Å²) in [5.41, 5.74) is 3.43. The molecule has 0 saturated heterocycles. The Hall–Kier alpha value is -2.74. The lowest BCUT2D eigenvalue weighted by atomic mass is 10.1. The van der Waals surface area contributed by atoms with E-state index < -0.39 is 0 Å². The maximum Gasteiger partial charge on any atom is 0.191 e. The van der Waals surface area contributed by atoms with Crippen LogP contribution in [0.5, 0.6) is 0 Å². The summed E-state index contributed by atoms with van der Waals surface area (Å²) in [5, 5.41) is 11.9. The van der Waals surface area contributed by atoms with E-state index in [0.717, 1.165) is 35.3 Å². The quantitative estimate of drug-likeness (QED) is 0.484. The second-order valence-electron chi connectivity index (χ2n) is 6.20. The number of aliphatic imine (C=N–C) groups is 1. The molecule has 0 bridgehead atoms. The van der Waals surface area contributed by atoms with Crippen LogP contribution in [0.25, 0.3) is 0 Å². The minimum absolute atomic E-state index is 0.612. The number of aromatic nitrogens is 4. The van der Waals surface area contributed by atoms with Gasteiger partial charge in [0.2, 0.25) is 0 Å². The van der Waals surface area contributed by atoms with Crippen LogP contribution < -0.4 is 10.6 Å². The normalized spacial score (nSPS) is 11.6. The summed E-state index contributed by atoms with van der Waals surface area (Å²) in [6.07, 6.45) is 3.27. The fourth-order valence-electron chi connectivity index (χ4n) is 2.74. The van der Waals surface area contributed by atoms with Crippen LogP contribution >= 0.6 is 11.3 Å². The van der Waals surface area contributed by atoms with Crippen molar-refractivity contribution in [1.82, 2.24) is 30.4 Å². The summed E-state index contributed by atoms with van der Waals surface area (Å²) < 4.78 is 1.81. The predicted molar refractivity (Wildman–Crippen MR) is 109 cm³/mol. The molecule has 2 aromatic heterocycles. The van der Waals surface area contributed by atoms with Gasteiger partial charge in [0.25, 0.3) is 0 Å². The van der Waals surface area contributed by atoms with Crippen LogP contribution in [-0.4, -0.2) is 32.3 Å². The molecule has 0 unspecified atom stereocenters. The number of aryl methyl sites for hydroxylation is 2. The Morgan fingerprint density at radius 2 is 2.07 bits per heavy atom. The smallest absolute Gasteiger partial charge is 0.191 e. The minimum Gasteiger partial charge on any atom is -0.357 e. The maximum atomic E-state index is 4.72. The molecule has 0 aliphatic carbocycles. The fourth-order valence-corrected chi connectivity index (χ4v) is 3.62. The third kappa shape index (κ3) is 5.62. The number of nitrogens with one attached hydrogen (secondary N) is 2. The van der Waals surface area contributed by atoms with Crippen molar-refractivity contribution in [2.75, 3.05) is 6.54 Å². The van der Waals surface area contributed by atoms with E-state index in [0.29, 0.717) is 13.1 Å². The average Bonchev–Trinajstić information content (AvgIpc) is 3.27. The van der Waals surface area contributed by atoms with Crippen LogP contribution in [-0.2, 0) is 19.6 Å². The zero-order chi connectivity index (χ0) is 19.1. The molecular formula is C19H25N7S. The lowest BCUT2D eigenvalue weighted by molar-refractivity contribution is 0.684. The topological polar surface area (TPSA) is 80.0 Å². The Balaban J connectivity index is 1.63.